The fourth-order valence-electron chi connectivity index (χ4n) is 1.44. The first-order chi connectivity index (χ1) is 9.04. The predicted octanol–water partition coefficient (Wildman–Crippen LogP) is 1.83. The molecular formula is C13H18BrFN2O2. The maximum Gasteiger partial charge on any atom is 0.236 e. The first kappa shape index (κ1) is 16.1. The van der Waals surface area contributed by atoms with Crippen LogP contribution in [0.4, 0.5) is 4.39 Å². The lowest BCUT2D eigenvalue weighted by Gasteiger charge is -2.14. The van der Waals surface area contributed by atoms with Gasteiger partial charge >= 0.3 is 0 Å². The molecule has 1 rings (SSSR count). The van der Waals surface area contributed by atoms with Gasteiger partial charge in [0.25, 0.3) is 0 Å². The van der Waals surface area contributed by atoms with Crippen molar-refractivity contribution in [3.63, 3.8) is 0 Å². The summed E-state index contributed by atoms with van der Waals surface area (Å²) in [6.45, 7) is 3.16. The Morgan fingerprint density at radius 3 is 2.89 bits per heavy atom. The second-order valence-corrected chi connectivity index (χ2v) is 4.99. The highest BCUT2D eigenvalue weighted by molar-refractivity contribution is 9.10. The van der Waals surface area contributed by atoms with Gasteiger partial charge in [-0.05, 0) is 40.5 Å². The van der Waals surface area contributed by atoms with Crippen molar-refractivity contribution in [2.24, 2.45) is 0 Å². The molecule has 19 heavy (non-hydrogen) atoms. The molecule has 1 aromatic rings. The molecule has 0 bridgehead atoms. The van der Waals surface area contributed by atoms with Crippen molar-refractivity contribution in [3.05, 3.63) is 34.1 Å². The van der Waals surface area contributed by atoms with Gasteiger partial charge in [-0.3, -0.25) is 4.79 Å². The van der Waals surface area contributed by atoms with Crippen LogP contribution in [0, 0.1) is 5.82 Å². The lowest BCUT2D eigenvalue weighted by molar-refractivity contribution is -0.122. The summed E-state index contributed by atoms with van der Waals surface area (Å²) in [6, 6.07) is 4.54. The zero-order valence-electron chi connectivity index (χ0n) is 11.0. The Morgan fingerprint density at radius 1 is 1.53 bits per heavy atom. The van der Waals surface area contributed by atoms with Gasteiger partial charge in [0.15, 0.2) is 0 Å². The van der Waals surface area contributed by atoms with E-state index in [0.29, 0.717) is 24.2 Å². The summed E-state index contributed by atoms with van der Waals surface area (Å²) >= 11 is 3.10. The SMILES string of the molecule is COCCNC(=O)C(C)NCc1ccc(Br)c(F)c1. The average molecular weight is 333 g/mol. The van der Waals surface area contributed by atoms with Crippen LogP contribution in [0.25, 0.3) is 0 Å². The fraction of sp³-hybridized carbons (Fsp3) is 0.462. The third-order valence-corrected chi connectivity index (χ3v) is 3.24. The van der Waals surface area contributed by atoms with Crippen LogP contribution in [0.15, 0.2) is 22.7 Å². The molecule has 0 heterocycles. The highest BCUT2D eigenvalue weighted by Gasteiger charge is 2.11. The number of hydrogen-bond acceptors (Lipinski definition) is 3. The van der Waals surface area contributed by atoms with E-state index in [9.17, 15) is 9.18 Å². The molecule has 1 atom stereocenters. The highest BCUT2D eigenvalue weighted by Crippen LogP contribution is 2.16. The van der Waals surface area contributed by atoms with Crippen LogP contribution in [0.1, 0.15) is 12.5 Å². The number of hydrogen-bond donors (Lipinski definition) is 2. The van der Waals surface area contributed by atoms with Gasteiger partial charge in [-0.15, -0.1) is 0 Å². The summed E-state index contributed by atoms with van der Waals surface area (Å²) in [5.41, 5.74) is 0.789. The summed E-state index contributed by atoms with van der Waals surface area (Å²) in [6.07, 6.45) is 0. The van der Waals surface area contributed by atoms with Crippen molar-refractivity contribution in [1.82, 2.24) is 10.6 Å². The van der Waals surface area contributed by atoms with Crippen LogP contribution in [-0.4, -0.2) is 32.2 Å². The molecule has 0 spiro atoms. The molecule has 1 amide bonds. The smallest absolute Gasteiger partial charge is 0.236 e. The third kappa shape index (κ3) is 5.67. The van der Waals surface area contributed by atoms with Gasteiger partial charge in [-0.2, -0.15) is 0 Å². The van der Waals surface area contributed by atoms with Gasteiger partial charge in [0.05, 0.1) is 17.1 Å². The molecule has 4 nitrogen and oxygen atoms in total. The lowest BCUT2D eigenvalue weighted by Crippen LogP contribution is -2.42. The number of benzene rings is 1. The molecule has 0 aliphatic heterocycles. The first-order valence-electron chi connectivity index (χ1n) is 5.98. The van der Waals surface area contributed by atoms with Gasteiger partial charge in [0.1, 0.15) is 5.82 Å². The molecule has 106 valence electrons. The van der Waals surface area contributed by atoms with Crippen molar-refractivity contribution in [1.29, 1.82) is 0 Å². The zero-order chi connectivity index (χ0) is 14.3. The van der Waals surface area contributed by atoms with Crippen LogP contribution in [0.2, 0.25) is 0 Å². The van der Waals surface area contributed by atoms with Crippen molar-refractivity contribution in [2.75, 3.05) is 20.3 Å². The molecule has 0 aliphatic carbocycles. The fourth-order valence-corrected chi connectivity index (χ4v) is 1.69. The van der Waals surface area contributed by atoms with Gasteiger partial charge in [0.2, 0.25) is 5.91 Å². The average Bonchev–Trinajstić information content (AvgIpc) is 2.40. The molecule has 0 saturated carbocycles. The molecular weight excluding hydrogens is 315 g/mol. The number of amides is 1. The number of nitrogens with one attached hydrogen (secondary N) is 2. The van der Waals surface area contributed by atoms with E-state index in [1.165, 1.54) is 6.07 Å². The molecule has 2 N–H and O–H groups in total. The molecule has 0 saturated heterocycles. The Hall–Kier alpha value is -0.980. The van der Waals surface area contributed by atoms with Crippen LogP contribution in [0.5, 0.6) is 0 Å². The van der Waals surface area contributed by atoms with Gasteiger partial charge in [-0.25, -0.2) is 4.39 Å². The van der Waals surface area contributed by atoms with E-state index >= 15 is 0 Å². The van der Waals surface area contributed by atoms with E-state index in [2.05, 4.69) is 26.6 Å². The molecule has 0 fully saturated rings. The molecule has 0 radical (unpaired) electrons. The van der Waals surface area contributed by atoms with Gasteiger partial charge < -0.3 is 15.4 Å². The van der Waals surface area contributed by atoms with Crippen LogP contribution < -0.4 is 10.6 Å². The minimum atomic E-state index is -0.344. The van der Waals surface area contributed by atoms with E-state index in [1.807, 2.05) is 0 Å². The predicted molar refractivity (Wildman–Crippen MR) is 75.3 cm³/mol. The summed E-state index contributed by atoms with van der Waals surface area (Å²) < 4.78 is 18.6. The highest BCUT2D eigenvalue weighted by atomic mass is 79.9. The number of halogens is 2. The Balaban J connectivity index is 2.38. The minimum Gasteiger partial charge on any atom is -0.383 e. The summed E-state index contributed by atoms with van der Waals surface area (Å²) in [5, 5.41) is 5.77. The van der Waals surface area contributed by atoms with Crippen LogP contribution in [-0.2, 0) is 16.1 Å². The van der Waals surface area contributed by atoms with E-state index in [0.717, 1.165) is 5.56 Å². The van der Waals surface area contributed by atoms with E-state index in [4.69, 9.17) is 4.74 Å². The normalized spacial score (nSPS) is 12.2. The Morgan fingerprint density at radius 2 is 2.26 bits per heavy atom. The Kier molecular flexibility index (Phi) is 6.97. The second kappa shape index (κ2) is 8.24. The van der Waals surface area contributed by atoms with Crippen LogP contribution in [0.3, 0.4) is 0 Å². The molecule has 0 aliphatic rings. The largest absolute Gasteiger partial charge is 0.383 e. The molecule has 6 heteroatoms. The maximum atomic E-state index is 13.3. The minimum absolute atomic E-state index is 0.102. The molecule has 1 aromatic carbocycles. The number of carbonyl (C=O) groups excluding carboxylic acids is 1. The second-order valence-electron chi connectivity index (χ2n) is 4.13. The van der Waals surface area contributed by atoms with Crippen molar-refractivity contribution in [3.8, 4) is 0 Å². The summed E-state index contributed by atoms with van der Waals surface area (Å²) in [5.74, 6) is -0.411. The van der Waals surface area contributed by atoms with E-state index < -0.39 is 0 Å². The summed E-state index contributed by atoms with van der Waals surface area (Å²) in [4.78, 5) is 11.6. The monoisotopic (exact) mass is 332 g/mol. The van der Waals surface area contributed by atoms with E-state index in [1.54, 1.807) is 26.2 Å². The third-order valence-electron chi connectivity index (χ3n) is 2.60. The van der Waals surface area contributed by atoms with Gasteiger partial charge in [-0.1, -0.05) is 6.07 Å². The first-order valence-corrected chi connectivity index (χ1v) is 6.78. The topological polar surface area (TPSA) is 50.4 Å². The van der Waals surface area contributed by atoms with Crippen molar-refractivity contribution >= 4 is 21.8 Å². The van der Waals surface area contributed by atoms with Gasteiger partial charge in [0, 0.05) is 20.2 Å². The van der Waals surface area contributed by atoms with Crippen molar-refractivity contribution in [2.45, 2.75) is 19.5 Å². The van der Waals surface area contributed by atoms with E-state index in [-0.39, 0.29) is 17.8 Å². The lowest BCUT2D eigenvalue weighted by atomic mass is 10.2. The summed E-state index contributed by atoms with van der Waals surface area (Å²) in [7, 11) is 1.58. The Labute approximate surface area is 120 Å². The molecule has 0 aromatic heterocycles. The Bertz CT molecular complexity index is 429. The standard InChI is InChI=1S/C13H18BrFN2O2/c1-9(13(18)16-5-6-19-2)17-8-10-3-4-11(14)12(15)7-10/h3-4,7,9,17H,5-6,8H2,1-2H3,(H,16,18). The number of rotatable bonds is 7. The number of carbonyl (C=O) groups is 1. The quantitative estimate of drug-likeness (QED) is 0.749. The number of ether oxygens (including phenoxy) is 1. The van der Waals surface area contributed by atoms with Crippen molar-refractivity contribution < 1.29 is 13.9 Å². The number of methoxy groups -OCH3 is 1. The molecule has 1 unspecified atom stereocenters. The van der Waals surface area contributed by atoms with Crippen LogP contribution >= 0.6 is 15.9 Å². The maximum absolute atomic E-state index is 13.3. The zero-order valence-corrected chi connectivity index (χ0v) is 12.6.